The zero-order chi connectivity index (χ0) is 11.0. The van der Waals surface area contributed by atoms with Gasteiger partial charge in [-0.2, -0.15) is 0 Å². The molecule has 0 saturated heterocycles. The van der Waals surface area contributed by atoms with Crippen LogP contribution in [0, 0.1) is 0 Å². The number of hydrazine groups is 1. The summed E-state index contributed by atoms with van der Waals surface area (Å²) in [5.41, 5.74) is 0. The topological polar surface area (TPSA) is 50.2 Å². The Morgan fingerprint density at radius 3 is 1.64 bits per heavy atom. The molecule has 0 aliphatic heterocycles. The van der Waals surface area contributed by atoms with Gasteiger partial charge in [0, 0.05) is 47.3 Å². The van der Waals surface area contributed by atoms with Crippen molar-refractivity contribution in [1.29, 1.82) is 0 Å². The van der Waals surface area contributed by atoms with Crippen LogP contribution >= 0.6 is 0 Å². The SMILES string of the molecule is CN(C)N(C)CCN(CCO)CCO. The van der Waals surface area contributed by atoms with Gasteiger partial charge >= 0.3 is 0 Å². The monoisotopic (exact) mass is 205 g/mol. The standard InChI is InChI=1S/C9H23N3O2/c1-10(2)11(3)4-5-12(6-8-13)7-9-14/h13-14H,4-9H2,1-3H3. The Bertz CT molecular complexity index is 127. The number of rotatable bonds is 8. The van der Waals surface area contributed by atoms with E-state index in [0.29, 0.717) is 13.1 Å². The number of aliphatic hydroxyl groups excluding tert-OH is 2. The highest BCUT2D eigenvalue weighted by Gasteiger charge is 2.06. The van der Waals surface area contributed by atoms with Crippen molar-refractivity contribution in [3.8, 4) is 0 Å². The molecule has 0 unspecified atom stereocenters. The molecule has 0 spiro atoms. The highest BCUT2D eigenvalue weighted by atomic mass is 16.3. The van der Waals surface area contributed by atoms with Gasteiger partial charge < -0.3 is 10.2 Å². The summed E-state index contributed by atoms with van der Waals surface area (Å²) in [6.45, 7) is 3.30. The fraction of sp³-hybridized carbons (Fsp3) is 1.00. The van der Waals surface area contributed by atoms with Crippen molar-refractivity contribution < 1.29 is 10.2 Å². The molecule has 0 aliphatic rings. The molecule has 0 aromatic heterocycles. The average Bonchev–Trinajstić information content (AvgIpc) is 2.14. The molecule has 0 amide bonds. The van der Waals surface area contributed by atoms with E-state index in [-0.39, 0.29) is 13.2 Å². The molecule has 5 heteroatoms. The third-order valence-electron chi connectivity index (χ3n) is 2.26. The molecule has 5 nitrogen and oxygen atoms in total. The van der Waals surface area contributed by atoms with Crippen LogP contribution in [0.5, 0.6) is 0 Å². The molecule has 0 bridgehead atoms. The summed E-state index contributed by atoms with van der Waals surface area (Å²) in [5.74, 6) is 0. The minimum absolute atomic E-state index is 0.145. The lowest BCUT2D eigenvalue weighted by molar-refractivity contribution is 0.0401. The van der Waals surface area contributed by atoms with Crippen LogP contribution in [0.1, 0.15) is 0 Å². The maximum absolute atomic E-state index is 8.79. The third-order valence-corrected chi connectivity index (χ3v) is 2.26. The average molecular weight is 205 g/mol. The van der Waals surface area contributed by atoms with E-state index < -0.39 is 0 Å². The summed E-state index contributed by atoms with van der Waals surface area (Å²) in [6, 6.07) is 0. The van der Waals surface area contributed by atoms with Gasteiger partial charge in [0.15, 0.2) is 0 Å². The Hall–Kier alpha value is -0.200. The fourth-order valence-corrected chi connectivity index (χ4v) is 1.10. The van der Waals surface area contributed by atoms with Gasteiger partial charge in [-0.1, -0.05) is 0 Å². The quantitative estimate of drug-likeness (QED) is 0.481. The molecule has 0 aromatic carbocycles. The van der Waals surface area contributed by atoms with Gasteiger partial charge in [-0.3, -0.25) is 4.90 Å². The summed E-state index contributed by atoms with van der Waals surface area (Å²) in [4.78, 5) is 2.04. The van der Waals surface area contributed by atoms with Crippen LogP contribution in [0.3, 0.4) is 0 Å². The molecular formula is C9H23N3O2. The zero-order valence-corrected chi connectivity index (χ0v) is 9.48. The third kappa shape index (κ3) is 6.28. The molecular weight excluding hydrogens is 182 g/mol. The van der Waals surface area contributed by atoms with Crippen LogP contribution in [0.25, 0.3) is 0 Å². The van der Waals surface area contributed by atoms with Crippen molar-refractivity contribution in [3.05, 3.63) is 0 Å². The summed E-state index contributed by atoms with van der Waals surface area (Å²) in [5, 5.41) is 21.7. The van der Waals surface area contributed by atoms with E-state index in [4.69, 9.17) is 10.2 Å². The molecule has 0 heterocycles. The number of hydrogen-bond acceptors (Lipinski definition) is 5. The molecule has 0 saturated carbocycles. The number of hydrogen-bond donors (Lipinski definition) is 2. The molecule has 0 aliphatic carbocycles. The van der Waals surface area contributed by atoms with E-state index in [1.54, 1.807) is 0 Å². The van der Waals surface area contributed by atoms with E-state index in [1.165, 1.54) is 0 Å². The second-order valence-electron chi connectivity index (χ2n) is 3.52. The molecule has 2 N–H and O–H groups in total. The Kier molecular flexibility index (Phi) is 8.02. The summed E-state index contributed by atoms with van der Waals surface area (Å²) >= 11 is 0. The number of nitrogens with zero attached hydrogens (tertiary/aromatic N) is 3. The van der Waals surface area contributed by atoms with Gasteiger partial charge in [0.1, 0.15) is 0 Å². The minimum Gasteiger partial charge on any atom is -0.395 e. The van der Waals surface area contributed by atoms with Crippen LogP contribution in [0.4, 0.5) is 0 Å². The van der Waals surface area contributed by atoms with Gasteiger partial charge in [0.05, 0.1) is 13.2 Å². The van der Waals surface area contributed by atoms with Crippen molar-refractivity contribution in [1.82, 2.24) is 14.9 Å². The van der Waals surface area contributed by atoms with Crippen molar-refractivity contribution in [3.63, 3.8) is 0 Å². The first kappa shape index (κ1) is 13.8. The molecule has 0 rings (SSSR count). The van der Waals surface area contributed by atoms with Gasteiger partial charge in [-0.25, -0.2) is 10.0 Å². The van der Waals surface area contributed by atoms with Crippen molar-refractivity contribution >= 4 is 0 Å². The maximum Gasteiger partial charge on any atom is 0.0558 e. The molecule has 0 fully saturated rings. The lowest BCUT2D eigenvalue weighted by Gasteiger charge is -2.28. The highest BCUT2D eigenvalue weighted by Crippen LogP contribution is 1.91. The molecule has 0 aromatic rings. The van der Waals surface area contributed by atoms with Crippen molar-refractivity contribution in [2.24, 2.45) is 0 Å². The molecule has 0 radical (unpaired) electrons. The van der Waals surface area contributed by atoms with E-state index >= 15 is 0 Å². The highest BCUT2D eigenvalue weighted by molar-refractivity contribution is 4.58. The van der Waals surface area contributed by atoms with E-state index in [2.05, 4.69) is 5.01 Å². The number of aliphatic hydroxyl groups is 2. The molecule has 14 heavy (non-hydrogen) atoms. The van der Waals surface area contributed by atoms with Crippen LogP contribution in [0.2, 0.25) is 0 Å². The smallest absolute Gasteiger partial charge is 0.0558 e. The fourth-order valence-electron chi connectivity index (χ4n) is 1.10. The van der Waals surface area contributed by atoms with Gasteiger partial charge in [-0.15, -0.1) is 0 Å². The predicted molar refractivity (Wildman–Crippen MR) is 56.9 cm³/mol. The molecule has 0 atom stereocenters. The Balaban J connectivity index is 3.68. The van der Waals surface area contributed by atoms with Gasteiger partial charge in [0.25, 0.3) is 0 Å². The van der Waals surface area contributed by atoms with Crippen LogP contribution in [0.15, 0.2) is 0 Å². The molecule has 86 valence electrons. The summed E-state index contributed by atoms with van der Waals surface area (Å²) < 4.78 is 0. The first-order valence-electron chi connectivity index (χ1n) is 4.94. The van der Waals surface area contributed by atoms with E-state index in [0.717, 1.165) is 13.1 Å². The van der Waals surface area contributed by atoms with E-state index in [9.17, 15) is 0 Å². The second-order valence-corrected chi connectivity index (χ2v) is 3.52. The normalized spacial score (nSPS) is 12.0. The first-order chi connectivity index (χ1) is 6.61. The van der Waals surface area contributed by atoms with Crippen LogP contribution in [-0.4, -0.2) is 85.7 Å². The first-order valence-corrected chi connectivity index (χ1v) is 4.94. The van der Waals surface area contributed by atoms with Crippen LogP contribution < -0.4 is 0 Å². The largest absolute Gasteiger partial charge is 0.395 e. The van der Waals surface area contributed by atoms with Crippen molar-refractivity contribution in [2.75, 3.05) is 60.5 Å². The summed E-state index contributed by atoms with van der Waals surface area (Å²) in [6.07, 6.45) is 0. The van der Waals surface area contributed by atoms with Crippen LogP contribution in [-0.2, 0) is 0 Å². The number of likely N-dealkylation sites (N-methyl/N-ethyl adjacent to an activating group) is 1. The van der Waals surface area contributed by atoms with Gasteiger partial charge in [0.2, 0.25) is 0 Å². The lowest BCUT2D eigenvalue weighted by Crippen LogP contribution is -2.41. The maximum atomic E-state index is 8.79. The van der Waals surface area contributed by atoms with Crippen molar-refractivity contribution in [2.45, 2.75) is 0 Å². The van der Waals surface area contributed by atoms with E-state index in [1.807, 2.05) is 31.1 Å². The Morgan fingerprint density at radius 1 is 0.786 bits per heavy atom. The Labute approximate surface area is 86.5 Å². The lowest BCUT2D eigenvalue weighted by atomic mass is 10.4. The second kappa shape index (κ2) is 8.14. The minimum atomic E-state index is 0.145. The summed E-state index contributed by atoms with van der Waals surface area (Å²) in [7, 11) is 5.99. The predicted octanol–water partition coefficient (Wildman–Crippen LogP) is -1.32. The van der Waals surface area contributed by atoms with Gasteiger partial charge in [-0.05, 0) is 0 Å². The Morgan fingerprint density at radius 2 is 1.29 bits per heavy atom. The zero-order valence-electron chi connectivity index (χ0n) is 9.48.